The molecule has 0 spiro atoms. The molecule has 0 heterocycles. The summed E-state index contributed by atoms with van der Waals surface area (Å²) in [5.74, 6) is 0.762. The number of ether oxygens (including phenoxy) is 1. The van der Waals surface area contributed by atoms with Crippen molar-refractivity contribution in [2.24, 2.45) is 0 Å². The van der Waals surface area contributed by atoms with Gasteiger partial charge >= 0.3 is 0 Å². The summed E-state index contributed by atoms with van der Waals surface area (Å²) in [7, 11) is 0. The van der Waals surface area contributed by atoms with Crippen molar-refractivity contribution in [3.63, 3.8) is 0 Å². The summed E-state index contributed by atoms with van der Waals surface area (Å²) in [6.45, 7) is 7.79. The van der Waals surface area contributed by atoms with Gasteiger partial charge in [-0.1, -0.05) is 13.5 Å². The van der Waals surface area contributed by atoms with E-state index in [0.717, 1.165) is 12.2 Å². The van der Waals surface area contributed by atoms with Crippen LogP contribution in [-0.2, 0) is 0 Å². The molecule has 78 valence electrons. The summed E-state index contributed by atoms with van der Waals surface area (Å²) >= 11 is 0. The minimum absolute atomic E-state index is 0.339. The van der Waals surface area contributed by atoms with Gasteiger partial charge in [-0.05, 0) is 43.7 Å². The molecule has 0 saturated heterocycles. The summed E-state index contributed by atoms with van der Waals surface area (Å²) in [4.78, 5) is 0. The minimum atomic E-state index is -0.339. The fourth-order valence-corrected chi connectivity index (χ4v) is 1.12. The van der Waals surface area contributed by atoms with Crippen molar-refractivity contribution < 1.29 is 4.74 Å². The van der Waals surface area contributed by atoms with Crippen LogP contribution in [0, 0.1) is 11.3 Å². The number of nitrogens with zero attached hydrogens (tertiary/aromatic N) is 1. The molecule has 0 aromatic heterocycles. The molecule has 0 saturated carbocycles. The third-order valence-corrected chi connectivity index (χ3v) is 2.47. The van der Waals surface area contributed by atoms with Crippen molar-refractivity contribution >= 4 is 0 Å². The van der Waals surface area contributed by atoms with E-state index in [-0.39, 0.29) is 5.60 Å². The summed E-state index contributed by atoms with van der Waals surface area (Å²) in [6, 6.07) is 9.16. The van der Waals surface area contributed by atoms with Crippen LogP contribution in [0.3, 0.4) is 0 Å². The maximum absolute atomic E-state index is 8.65. The normalized spacial score (nSPS) is 13.7. The average Bonchev–Trinajstić information content (AvgIpc) is 2.30. The molecular formula is C13H15NO. The molecule has 0 fully saturated rings. The highest BCUT2D eigenvalue weighted by molar-refractivity contribution is 5.35. The first-order valence-corrected chi connectivity index (χ1v) is 4.96. The molecule has 2 nitrogen and oxygen atoms in total. The van der Waals surface area contributed by atoms with E-state index in [9.17, 15) is 0 Å². The third-order valence-electron chi connectivity index (χ3n) is 2.47. The van der Waals surface area contributed by atoms with Crippen molar-refractivity contribution in [2.45, 2.75) is 25.9 Å². The molecule has 0 amide bonds. The van der Waals surface area contributed by atoms with Crippen LogP contribution in [0.4, 0.5) is 0 Å². The van der Waals surface area contributed by atoms with Crippen molar-refractivity contribution in [3.05, 3.63) is 42.5 Å². The molecule has 2 heteroatoms. The summed E-state index contributed by atoms with van der Waals surface area (Å²) in [5, 5.41) is 8.65. The molecule has 0 aliphatic heterocycles. The zero-order valence-electron chi connectivity index (χ0n) is 9.16. The summed E-state index contributed by atoms with van der Waals surface area (Å²) in [5.41, 5.74) is 0.299. The Bertz CT molecular complexity index is 375. The van der Waals surface area contributed by atoms with Gasteiger partial charge in [0.15, 0.2) is 0 Å². The van der Waals surface area contributed by atoms with Crippen molar-refractivity contribution in [2.75, 3.05) is 0 Å². The van der Waals surface area contributed by atoms with Gasteiger partial charge in [0.2, 0.25) is 0 Å². The lowest BCUT2D eigenvalue weighted by Crippen LogP contribution is -2.28. The maximum Gasteiger partial charge on any atom is 0.124 e. The average molecular weight is 201 g/mol. The monoisotopic (exact) mass is 201 g/mol. The van der Waals surface area contributed by atoms with E-state index in [4.69, 9.17) is 10.00 Å². The Kier molecular flexibility index (Phi) is 3.51. The Morgan fingerprint density at radius 3 is 2.47 bits per heavy atom. The zero-order valence-corrected chi connectivity index (χ0v) is 9.16. The van der Waals surface area contributed by atoms with Crippen LogP contribution in [0.2, 0.25) is 0 Å². The lowest BCUT2D eigenvalue weighted by Gasteiger charge is -2.25. The molecule has 0 N–H and O–H groups in total. The first-order valence-electron chi connectivity index (χ1n) is 4.96. The van der Waals surface area contributed by atoms with Crippen LogP contribution in [0.25, 0.3) is 0 Å². The van der Waals surface area contributed by atoms with E-state index in [1.54, 1.807) is 30.3 Å². The predicted octanol–water partition coefficient (Wildman–Crippen LogP) is 3.29. The highest BCUT2D eigenvalue weighted by atomic mass is 16.5. The Hall–Kier alpha value is -1.75. The lowest BCUT2D eigenvalue weighted by atomic mass is 10.0. The van der Waals surface area contributed by atoms with E-state index >= 15 is 0 Å². The number of nitriles is 1. The van der Waals surface area contributed by atoms with Gasteiger partial charge in [0.1, 0.15) is 11.4 Å². The van der Waals surface area contributed by atoms with E-state index in [1.165, 1.54) is 0 Å². The molecule has 0 aliphatic carbocycles. The summed E-state index contributed by atoms with van der Waals surface area (Å²) in [6.07, 6.45) is 2.65. The van der Waals surface area contributed by atoms with Gasteiger partial charge in [0.05, 0.1) is 11.6 Å². The van der Waals surface area contributed by atoms with E-state index in [1.807, 2.05) is 13.8 Å². The fraction of sp³-hybridized carbons (Fsp3) is 0.308. The van der Waals surface area contributed by atoms with Gasteiger partial charge < -0.3 is 4.74 Å². The second-order valence-corrected chi connectivity index (χ2v) is 3.61. The molecule has 15 heavy (non-hydrogen) atoms. The predicted molar refractivity (Wildman–Crippen MR) is 60.7 cm³/mol. The van der Waals surface area contributed by atoms with Gasteiger partial charge in [-0.2, -0.15) is 5.26 Å². The second-order valence-electron chi connectivity index (χ2n) is 3.61. The Morgan fingerprint density at radius 1 is 1.47 bits per heavy atom. The highest BCUT2D eigenvalue weighted by Gasteiger charge is 2.19. The number of hydrogen-bond acceptors (Lipinski definition) is 2. The van der Waals surface area contributed by atoms with Crippen molar-refractivity contribution in [1.82, 2.24) is 0 Å². The number of rotatable bonds is 4. The first-order chi connectivity index (χ1) is 7.13. The van der Waals surface area contributed by atoms with Crippen molar-refractivity contribution in [3.8, 4) is 11.8 Å². The standard InChI is InChI=1S/C13H15NO/c1-4-13(3,5-2)15-12-8-6-11(10-14)7-9-12/h4,6-9H,1,5H2,2-3H3. The van der Waals surface area contributed by atoms with Crippen LogP contribution in [0.15, 0.2) is 36.9 Å². The number of hydrogen-bond donors (Lipinski definition) is 0. The topological polar surface area (TPSA) is 33.0 Å². The van der Waals surface area contributed by atoms with Crippen LogP contribution < -0.4 is 4.74 Å². The fourth-order valence-electron chi connectivity index (χ4n) is 1.12. The maximum atomic E-state index is 8.65. The Labute approximate surface area is 90.8 Å². The second kappa shape index (κ2) is 4.65. The molecule has 1 atom stereocenters. The van der Waals surface area contributed by atoms with Crippen LogP contribution in [0.1, 0.15) is 25.8 Å². The van der Waals surface area contributed by atoms with Gasteiger partial charge in [0.25, 0.3) is 0 Å². The van der Waals surface area contributed by atoms with Gasteiger partial charge in [-0.25, -0.2) is 0 Å². The van der Waals surface area contributed by atoms with E-state index in [0.29, 0.717) is 5.56 Å². The van der Waals surface area contributed by atoms with E-state index < -0.39 is 0 Å². The van der Waals surface area contributed by atoms with Gasteiger partial charge in [-0.15, -0.1) is 0 Å². The van der Waals surface area contributed by atoms with Gasteiger partial charge in [0, 0.05) is 0 Å². The molecule has 1 unspecified atom stereocenters. The van der Waals surface area contributed by atoms with Crippen LogP contribution >= 0.6 is 0 Å². The van der Waals surface area contributed by atoms with Crippen LogP contribution in [-0.4, -0.2) is 5.60 Å². The Morgan fingerprint density at radius 2 is 2.07 bits per heavy atom. The summed E-state index contributed by atoms with van der Waals surface area (Å²) < 4.78 is 5.77. The molecule has 1 aromatic rings. The van der Waals surface area contributed by atoms with Gasteiger partial charge in [-0.3, -0.25) is 0 Å². The Balaban J connectivity index is 2.81. The lowest BCUT2D eigenvalue weighted by molar-refractivity contribution is 0.136. The molecule has 1 rings (SSSR count). The quantitative estimate of drug-likeness (QED) is 0.700. The largest absolute Gasteiger partial charge is 0.484 e. The van der Waals surface area contributed by atoms with Crippen molar-refractivity contribution in [1.29, 1.82) is 5.26 Å². The van der Waals surface area contributed by atoms with Crippen LogP contribution in [0.5, 0.6) is 5.75 Å². The zero-order chi connectivity index (χ0) is 11.3. The smallest absolute Gasteiger partial charge is 0.124 e. The minimum Gasteiger partial charge on any atom is -0.484 e. The molecule has 0 aliphatic rings. The molecular weight excluding hydrogens is 186 g/mol. The molecule has 1 aromatic carbocycles. The number of benzene rings is 1. The first kappa shape index (κ1) is 11.3. The molecule has 0 bridgehead atoms. The highest BCUT2D eigenvalue weighted by Crippen LogP contribution is 2.22. The third kappa shape index (κ3) is 2.85. The van der Waals surface area contributed by atoms with E-state index in [2.05, 4.69) is 12.6 Å². The molecule has 0 radical (unpaired) electrons. The SMILES string of the molecule is C=CC(C)(CC)Oc1ccc(C#N)cc1.